The lowest BCUT2D eigenvalue weighted by Gasteiger charge is -2.30. The standard InChI is InChI=1S/C35H41FN8O7S/c1-20-32(40-29-24(36)10-8-12-25(29)38-20)51-22-17-28-31(46)41-35(34(48)42-52(49,50)23-13-14-23)18-21(35)9-6-4-3-5-7-11-26(33(47)44(28)19-22)39-30(45)27-15-16-37-43(27)2/h6,8-10,12,15-16,21-23,26,28H,3-5,7,11,13-14,17-19H2,1-2H3,(H,39,45)(H,41,46)(H,42,48)/b9-6-/t21?,22-,26+,28+,35-/m1/s1. The molecule has 1 unspecified atom stereocenters. The highest BCUT2D eigenvalue weighted by Gasteiger charge is 2.62. The van der Waals surface area contributed by atoms with Crippen molar-refractivity contribution in [2.45, 2.75) is 93.7 Å². The van der Waals surface area contributed by atoms with Crippen molar-refractivity contribution in [2.75, 3.05) is 6.54 Å². The van der Waals surface area contributed by atoms with E-state index in [1.165, 1.54) is 34.0 Å². The van der Waals surface area contributed by atoms with E-state index in [4.69, 9.17) is 4.74 Å². The van der Waals surface area contributed by atoms with Crippen LogP contribution in [0.15, 0.2) is 42.6 Å². The molecule has 4 heterocycles. The number of aromatic nitrogens is 4. The van der Waals surface area contributed by atoms with E-state index in [1.54, 1.807) is 20.0 Å². The molecule has 0 radical (unpaired) electrons. The van der Waals surface area contributed by atoms with Gasteiger partial charge in [-0.2, -0.15) is 5.10 Å². The molecule has 3 aromatic rings. The van der Waals surface area contributed by atoms with Gasteiger partial charge in [0.1, 0.15) is 40.6 Å². The molecule has 4 aliphatic rings. The van der Waals surface area contributed by atoms with Crippen LogP contribution in [-0.4, -0.2) is 92.2 Å². The van der Waals surface area contributed by atoms with Gasteiger partial charge in [0.15, 0.2) is 5.82 Å². The molecule has 2 aromatic heterocycles. The number of sulfonamides is 1. The fourth-order valence-electron chi connectivity index (χ4n) is 7.06. The third-order valence-corrected chi connectivity index (χ3v) is 12.1. The molecule has 15 nitrogen and oxygen atoms in total. The second-order valence-corrected chi connectivity index (χ2v) is 16.0. The van der Waals surface area contributed by atoms with E-state index in [2.05, 4.69) is 30.4 Å². The van der Waals surface area contributed by atoms with Crippen LogP contribution >= 0.6 is 0 Å². The number of nitrogens with zero attached hydrogens (tertiary/aromatic N) is 5. The number of carbonyl (C=O) groups is 4. The number of benzene rings is 1. The molecule has 3 fully saturated rings. The van der Waals surface area contributed by atoms with Crippen LogP contribution in [-0.2, 0) is 31.5 Å². The van der Waals surface area contributed by atoms with Gasteiger partial charge in [-0.3, -0.25) is 28.6 Å². The van der Waals surface area contributed by atoms with Gasteiger partial charge in [-0.15, -0.1) is 0 Å². The summed E-state index contributed by atoms with van der Waals surface area (Å²) in [5, 5.41) is 9.08. The highest BCUT2D eigenvalue weighted by Crippen LogP contribution is 2.46. The molecule has 52 heavy (non-hydrogen) atoms. The molecule has 17 heteroatoms. The summed E-state index contributed by atoms with van der Waals surface area (Å²) in [6, 6.07) is 3.76. The number of hydrogen-bond donors (Lipinski definition) is 3. The Balaban J connectivity index is 1.20. The SMILES string of the molecule is Cc1nc2cccc(F)c2nc1O[C@@H]1C[C@H]2C(=O)N[C@]3(C(=O)NS(=O)(=O)C4CC4)CC3/C=C\CCCCC[C@H](NC(=O)c3ccnn3C)C(=O)N2C1. The van der Waals surface area contributed by atoms with E-state index in [1.807, 2.05) is 12.2 Å². The minimum Gasteiger partial charge on any atom is -0.471 e. The minimum absolute atomic E-state index is 0.00429. The topological polar surface area (TPSA) is 195 Å². The van der Waals surface area contributed by atoms with Crippen molar-refractivity contribution in [3.63, 3.8) is 0 Å². The predicted molar refractivity (Wildman–Crippen MR) is 185 cm³/mol. The first-order valence-electron chi connectivity index (χ1n) is 17.6. The van der Waals surface area contributed by atoms with E-state index in [-0.39, 0.29) is 36.5 Å². The largest absolute Gasteiger partial charge is 0.471 e. The lowest BCUT2D eigenvalue weighted by molar-refractivity contribution is -0.141. The molecule has 2 saturated carbocycles. The second-order valence-electron chi connectivity index (χ2n) is 14.1. The zero-order valence-corrected chi connectivity index (χ0v) is 29.7. The maximum atomic E-state index is 14.7. The fourth-order valence-corrected chi connectivity index (χ4v) is 8.43. The third-order valence-electron chi connectivity index (χ3n) is 10.3. The maximum Gasteiger partial charge on any atom is 0.270 e. The molecule has 0 spiro atoms. The van der Waals surface area contributed by atoms with Crippen molar-refractivity contribution in [2.24, 2.45) is 13.0 Å². The maximum absolute atomic E-state index is 14.7. The molecular weight excluding hydrogens is 695 g/mol. The Morgan fingerprint density at radius 2 is 1.90 bits per heavy atom. The minimum atomic E-state index is -3.91. The summed E-state index contributed by atoms with van der Waals surface area (Å²) in [6.07, 6.45) is 8.59. The Morgan fingerprint density at radius 3 is 2.65 bits per heavy atom. The van der Waals surface area contributed by atoms with Gasteiger partial charge in [-0.25, -0.2) is 22.8 Å². The van der Waals surface area contributed by atoms with Gasteiger partial charge in [0.2, 0.25) is 27.7 Å². The number of carbonyl (C=O) groups excluding carboxylic acids is 4. The van der Waals surface area contributed by atoms with Crippen LogP contribution in [0.2, 0.25) is 0 Å². The van der Waals surface area contributed by atoms with Crippen LogP contribution < -0.4 is 20.1 Å². The number of para-hydroxylation sites is 1. The summed E-state index contributed by atoms with van der Waals surface area (Å²) < 4.78 is 50.0. The molecule has 5 atom stereocenters. The monoisotopic (exact) mass is 736 g/mol. The second kappa shape index (κ2) is 13.9. The van der Waals surface area contributed by atoms with Gasteiger partial charge in [0.25, 0.3) is 11.8 Å². The Bertz CT molecular complexity index is 2070. The molecule has 276 valence electrons. The first-order chi connectivity index (χ1) is 24.9. The van der Waals surface area contributed by atoms with E-state index < -0.39 is 74.4 Å². The first-order valence-corrected chi connectivity index (χ1v) is 19.1. The van der Waals surface area contributed by atoms with E-state index in [0.717, 1.165) is 12.8 Å². The van der Waals surface area contributed by atoms with Gasteiger partial charge in [-0.1, -0.05) is 31.1 Å². The summed E-state index contributed by atoms with van der Waals surface area (Å²) in [7, 11) is -2.30. The summed E-state index contributed by atoms with van der Waals surface area (Å²) in [5.74, 6) is -3.53. The van der Waals surface area contributed by atoms with Crippen LogP contribution in [0, 0.1) is 18.7 Å². The molecule has 2 aliphatic carbocycles. The average molecular weight is 737 g/mol. The zero-order valence-electron chi connectivity index (χ0n) is 28.9. The molecule has 1 saturated heterocycles. The van der Waals surface area contributed by atoms with Gasteiger partial charge in [-0.05, 0) is 63.6 Å². The van der Waals surface area contributed by atoms with Gasteiger partial charge < -0.3 is 20.3 Å². The van der Waals surface area contributed by atoms with Gasteiger partial charge >= 0.3 is 0 Å². The summed E-state index contributed by atoms with van der Waals surface area (Å²) in [5.41, 5.74) is -0.568. The van der Waals surface area contributed by atoms with Crippen LogP contribution in [0.5, 0.6) is 5.88 Å². The van der Waals surface area contributed by atoms with Gasteiger partial charge in [0.05, 0.1) is 17.3 Å². The Morgan fingerprint density at radius 1 is 1.10 bits per heavy atom. The number of amides is 4. The molecule has 1 aromatic carbocycles. The third kappa shape index (κ3) is 7.10. The quantitative estimate of drug-likeness (QED) is 0.302. The van der Waals surface area contributed by atoms with Crippen LogP contribution in [0.1, 0.15) is 74.0 Å². The summed E-state index contributed by atoms with van der Waals surface area (Å²) in [6.45, 7) is 1.56. The Labute approximate surface area is 299 Å². The molecule has 0 bridgehead atoms. The molecular formula is C35H41FN8O7S. The average Bonchev–Trinajstić information content (AvgIpc) is 3.99. The van der Waals surface area contributed by atoms with Crippen molar-refractivity contribution in [1.29, 1.82) is 0 Å². The number of rotatable bonds is 7. The van der Waals surface area contributed by atoms with Crippen molar-refractivity contribution in [3.05, 3.63) is 59.8 Å². The Hall–Kier alpha value is -4.93. The van der Waals surface area contributed by atoms with Crippen molar-refractivity contribution < 1.29 is 36.7 Å². The van der Waals surface area contributed by atoms with Crippen LogP contribution in [0.3, 0.4) is 0 Å². The lowest BCUT2D eigenvalue weighted by Crippen LogP contribution is -2.58. The molecule has 7 rings (SSSR count). The van der Waals surface area contributed by atoms with Crippen LogP contribution in [0.25, 0.3) is 11.0 Å². The number of aryl methyl sites for hydroxylation is 2. The number of ether oxygens (including phenoxy) is 1. The van der Waals surface area contributed by atoms with Crippen LogP contribution in [0.4, 0.5) is 4.39 Å². The van der Waals surface area contributed by atoms with E-state index in [0.29, 0.717) is 43.3 Å². The fraction of sp³-hybridized carbons (Fsp3) is 0.514. The number of fused-ring (bicyclic) bond motifs is 3. The number of allylic oxidation sites excluding steroid dienone is 1. The number of halogens is 1. The van der Waals surface area contributed by atoms with Gasteiger partial charge in [0, 0.05) is 25.6 Å². The van der Waals surface area contributed by atoms with Crippen molar-refractivity contribution in [3.8, 4) is 5.88 Å². The normalized spacial score (nSPS) is 27.4. The smallest absolute Gasteiger partial charge is 0.270 e. The first kappa shape index (κ1) is 35.5. The number of nitrogens with one attached hydrogen (secondary N) is 3. The van der Waals surface area contributed by atoms with Crippen molar-refractivity contribution in [1.82, 2.24) is 40.0 Å². The number of hydrogen-bond acceptors (Lipinski definition) is 10. The Kier molecular flexibility index (Phi) is 9.48. The summed E-state index contributed by atoms with van der Waals surface area (Å²) >= 11 is 0. The summed E-state index contributed by atoms with van der Waals surface area (Å²) in [4.78, 5) is 65.9. The van der Waals surface area contributed by atoms with E-state index in [9.17, 15) is 32.0 Å². The zero-order chi connectivity index (χ0) is 36.8. The predicted octanol–water partition coefficient (Wildman–Crippen LogP) is 1.96. The van der Waals surface area contributed by atoms with E-state index >= 15 is 0 Å². The molecule has 3 N–H and O–H groups in total. The highest BCUT2D eigenvalue weighted by atomic mass is 32.2. The molecule has 4 amide bonds. The highest BCUT2D eigenvalue weighted by molar-refractivity contribution is 7.91. The lowest BCUT2D eigenvalue weighted by atomic mass is 10.0. The molecule has 2 aliphatic heterocycles. The van der Waals surface area contributed by atoms with Crippen molar-refractivity contribution >= 4 is 44.7 Å².